The van der Waals surface area contributed by atoms with E-state index in [1.54, 1.807) is 11.3 Å². The Morgan fingerprint density at radius 2 is 1.73 bits per heavy atom. The molecule has 0 bridgehead atoms. The fourth-order valence-electron chi connectivity index (χ4n) is 3.60. The summed E-state index contributed by atoms with van der Waals surface area (Å²) in [6, 6.07) is 16.6. The second kappa shape index (κ2) is 9.30. The quantitative estimate of drug-likeness (QED) is 0.333. The minimum Gasteiger partial charge on any atom is -0.366 e. The maximum Gasteiger partial charge on any atom is 0.222 e. The lowest BCUT2D eigenvalue weighted by atomic mass is 10.1. The van der Waals surface area contributed by atoms with Gasteiger partial charge in [0.15, 0.2) is 0 Å². The van der Waals surface area contributed by atoms with Gasteiger partial charge in [-0.05, 0) is 43.2 Å². The molecule has 7 nitrogen and oxygen atoms in total. The third-order valence-corrected chi connectivity index (χ3v) is 5.98. The molecule has 3 aromatic heterocycles. The Kier molecular flexibility index (Phi) is 5.91. The number of nitrogens with one attached hydrogen (secondary N) is 2. The number of hydrogen-bond acceptors (Lipinski definition) is 8. The van der Waals surface area contributed by atoms with E-state index in [1.165, 1.54) is 0 Å². The van der Waals surface area contributed by atoms with E-state index in [0.717, 1.165) is 56.4 Å². The first-order valence-electron chi connectivity index (χ1n) is 10.8. The number of rotatable bonds is 7. The van der Waals surface area contributed by atoms with Gasteiger partial charge in [0, 0.05) is 42.7 Å². The molecule has 0 unspecified atom stereocenters. The van der Waals surface area contributed by atoms with Crippen LogP contribution in [0.5, 0.6) is 0 Å². The maximum atomic E-state index is 4.64. The van der Waals surface area contributed by atoms with Crippen molar-refractivity contribution in [2.45, 2.75) is 20.4 Å². The molecule has 0 radical (unpaired) electrons. The molecule has 0 aliphatic carbocycles. The molecular weight excluding hydrogens is 430 g/mol. The Labute approximate surface area is 196 Å². The van der Waals surface area contributed by atoms with Crippen LogP contribution in [0.25, 0.3) is 32.6 Å². The Bertz CT molecular complexity index is 1400. The van der Waals surface area contributed by atoms with Gasteiger partial charge >= 0.3 is 0 Å². The van der Waals surface area contributed by atoms with Gasteiger partial charge in [-0.1, -0.05) is 24.3 Å². The number of nitrogens with zero attached hydrogens (tertiary/aromatic N) is 5. The molecule has 2 aromatic carbocycles. The number of fused-ring (bicyclic) bond motifs is 1. The minimum atomic E-state index is 0.642. The molecule has 0 amide bonds. The predicted molar refractivity (Wildman–Crippen MR) is 134 cm³/mol. The van der Waals surface area contributed by atoms with Crippen LogP contribution in [0, 0.1) is 6.92 Å². The molecule has 0 aliphatic heterocycles. The molecule has 5 rings (SSSR count). The monoisotopic (exact) mass is 453 g/mol. The Morgan fingerprint density at radius 1 is 0.848 bits per heavy atom. The molecule has 0 atom stereocenters. The summed E-state index contributed by atoms with van der Waals surface area (Å²) in [5.41, 5.74) is 8.03. The van der Waals surface area contributed by atoms with Crippen molar-refractivity contribution in [3.8, 4) is 22.4 Å². The molecule has 2 N–H and O–H groups in total. The van der Waals surface area contributed by atoms with Gasteiger partial charge in [0.05, 0.1) is 21.4 Å². The molecule has 0 spiro atoms. The molecule has 0 saturated heterocycles. The van der Waals surface area contributed by atoms with Crippen LogP contribution in [-0.4, -0.2) is 31.5 Å². The summed E-state index contributed by atoms with van der Waals surface area (Å²) in [5.74, 6) is 2.17. The van der Waals surface area contributed by atoms with Crippen LogP contribution in [-0.2, 0) is 6.54 Å². The predicted octanol–water partition coefficient (Wildman–Crippen LogP) is 5.56. The van der Waals surface area contributed by atoms with Gasteiger partial charge in [-0.15, -0.1) is 11.3 Å². The molecule has 0 saturated carbocycles. The average molecular weight is 454 g/mol. The summed E-state index contributed by atoms with van der Waals surface area (Å²) in [4.78, 5) is 22.3. The van der Waals surface area contributed by atoms with Gasteiger partial charge in [-0.25, -0.2) is 24.9 Å². The van der Waals surface area contributed by atoms with Gasteiger partial charge in [0.2, 0.25) is 5.95 Å². The maximum absolute atomic E-state index is 4.64. The average Bonchev–Trinajstić information content (AvgIpc) is 3.31. The van der Waals surface area contributed by atoms with Crippen molar-refractivity contribution in [2.75, 3.05) is 17.2 Å². The highest BCUT2D eigenvalue weighted by Gasteiger charge is 2.08. The lowest BCUT2D eigenvalue weighted by molar-refractivity contribution is 1.03. The van der Waals surface area contributed by atoms with Crippen molar-refractivity contribution in [2.24, 2.45) is 0 Å². The van der Waals surface area contributed by atoms with E-state index in [1.807, 2.05) is 50.0 Å². The summed E-state index contributed by atoms with van der Waals surface area (Å²) in [5, 5.41) is 6.56. The third-order valence-electron chi connectivity index (χ3n) is 5.19. The van der Waals surface area contributed by atoms with Crippen LogP contribution in [0.4, 0.5) is 11.8 Å². The highest BCUT2D eigenvalue weighted by molar-refractivity contribution is 7.16. The first-order chi connectivity index (χ1) is 16.2. The standard InChI is InChI=1S/C25H23N7S/c1-3-26-25-28-13-20(14-29-25)18-6-4-5-17(9-18)12-27-24-11-22(31-16(2)32-24)19-7-8-21-23(10-19)33-15-30-21/h4-11,13-15H,3,12H2,1-2H3,(H,26,28,29)(H,27,31,32). The summed E-state index contributed by atoms with van der Waals surface area (Å²) in [7, 11) is 0. The number of benzene rings is 2. The topological polar surface area (TPSA) is 88.5 Å². The molecule has 0 fully saturated rings. The lowest BCUT2D eigenvalue weighted by Crippen LogP contribution is -2.04. The molecule has 0 aliphatic rings. The zero-order valence-electron chi connectivity index (χ0n) is 18.4. The van der Waals surface area contributed by atoms with Crippen molar-refractivity contribution in [3.05, 3.63) is 77.8 Å². The zero-order valence-corrected chi connectivity index (χ0v) is 19.2. The second-order valence-corrected chi connectivity index (χ2v) is 8.49. The number of aryl methyl sites for hydroxylation is 1. The van der Waals surface area contributed by atoms with E-state index < -0.39 is 0 Å². The first-order valence-corrected chi connectivity index (χ1v) is 11.6. The van der Waals surface area contributed by atoms with Gasteiger partial charge in [-0.2, -0.15) is 0 Å². The largest absolute Gasteiger partial charge is 0.366 e. The first kappa shape index (κ1) is 21.0. The highest BCUT2D eigenvalue weighted by atomic mass is 32.1. The molecule has 3 heterocycles. The summed E-state index contributed by atoms with van der Waals surface area (Å²) >= 11 is 1.63. The summed E-state index contributed by atoms with van der Waals surface area (Å²) < 4.78 is 1.15. The second-order valence-electron chi connectivity index (χ2n) is 7.60. The molecule has 5 aromatic rings. The van der Waals surface area contributed by atoms with Crippen LogP contribution in [0.15, 0.2) is 66.4 Å². The fraction of sp³-hybridized carbons (Fsp3) is 0.160. The fourth-order valence-corrected chi connectivity index (χ4v) is 4.32. The number of thiazole rings is 1. The van der Waals surface area contributed by atoms with Crippen LogP contribution in [0.2, 0.25) is 0 Å². The van der Waals surface area contributed by atoms with Crippen LogP contribution in [0.1, 0.15) is 18.3 Å². The zero-order chi connectivity index (χ0) is 22.6. The van der Waals surface area contributed by atoms with Crippen molar-refractivity contribution >= 4 is 33.3 Å². The van der Waals surface area contributed by atoms with Gasteiger partial charge in [-0.3, -0.25) is 0 Å². The van der Waals surface area contributed by atoms with Crippen LogP contribution in [0.3, 0.4) is 0 Å². The van der Waals surface area contributed by atoms with Crippen molar-refractivity contribution in [1.29, 1.82) is 0 Å². The summed E-state index contributed by atoms with van der Waals surface area (Å²) in [6.45, 7) is 5.38. The minimum absolute atomic E-state index is 0.642. The van der Waals surface area contributed by atoms with E-state index in [4.69, 9.17) is 0 Å². The van der Waals surface area contributed by atoms with E-state index in [9.17, 15) is 0 Å². The molecule has 164 valence electrons. The van der Waals surface area contributed by atoms with Gasteiger partial charge in [0.1, 0.15) is 11.6 Å². The van der Waals surface area contributed by atoms with Crippen molar-refractivity contribution < 1.29 is 0 Å². The smallest absolute Gasteiger partial charge is 0.222 e. The number of anilines is 2. The van der Waals surface area contributed by atoms with E-state index >= 15 is 0 Å². The Balaban J connectivity index is 1.33. The molecule has 33 heavy (non-hydrogen) atoms. The Morgan fingerprint density at radius 3 is 2.58 bits per heavy atom. The molecule has 8 heteroatoms. The number of aromatic nitrogens is 5. The van der Waals surface area contributed by atoms with E-state index in [-0.39, 0.29) is 0 Å². The molecular formula is C25H23N7S. The van der Waals surface area contributed by atoms with E-state index in [0.29, 0.717) is 12.5 Å². The lowest BCUT2D eigenvalue weighted by Gasteiger charge is -2.10. The van der Waals surface area contributed by atoms with Gasteiger partial charge < -0.3 is 10.6 Å². The summed E-state index contributed by atoms with van der Waals surface area (Å²) in [6.07, 6.45) is 3.69. The van der Waals surface area contributed by atoms with Crippen molar-refractivity contribution in [1.82, 2.24) is 24.9 Å². The normalized spacial score (nSPS) is 11.0. The van der Waals surface area contributed by atoms with E-state index in [2.05, 4.69) is 65.9 Å². The SMILES string of the molecule is CCNc1ncc(-c2cccc(CNc3cc(-c4ccc5ncsc5c4)nc(C)n3)c2)cn1. The van der Waals surface area contributed by atoms with Gasteiger partial charge in [0.25, 0.3) is 0 Å². The van der Waals surface area contributed by atoms with Crippen LogP contribution >= 0.6 is 11.3 Å². The highest BCUT2D eigenvalue weighted by Crippen LogP contribution is 2.27. The third kappa shape index (κ3) is 4.80. The Hall–Kier alpha value is -3.91. The number of hydrogen-bond donors (Lipinski definition) is 2. The van der Waals surface area contributed by atoms with Crippen molar-refractivity contribution in [3.63, 3.8) is 0 Å². The van der Waals surface area contributed by atoms with Crippen LogP contribution < -0.4 is 10.6 Å².